The number of piperidine rings is 1. The van der Waals surface area contributed by atoms with E-state index in [-0.39, 0.29) is 29.0 Å². The molecule has 1 fully saturated rings. The minimum absolute atomic E-state index is 0.0434. The van der Waals surface area contributed by atoms with E-state index in [0.717, 1.165) is 54.7 Å². The zero-order chi connectivity index (χ0) is 27.5. The van der Waals surface area contributed by atoms with Gasteiger partial charge in [0.1, 0.15) is 23.2 Å². The minimum Gasteiger partial charge on any atom is -0.508 e. The van der Waals surface area contributed by atoms with Gasteiger partial charge in [-0.15, -0.1) is 0 Å². The third-order valence-corrected chi connectivity index (χ3v) is 9.34. The number of nitrogens with zero attached hydrogens (tertiary/aromatic N) is 1. The Balaban J connectivity index is 1.52. The lowest BCUT2D eigenvalue weighted by Crippen LogP contribution is -2.47. The number of hydrogen-bond donors (Lipinski definition) is 2. The molecular formula is C32H49NO5. The maximum Gasteiger partial charge on any atom is 0.293 e. The second-order valence-corrected chi connectivity index (χ2v) is 13.0. The maximum atomic E-state index is 11.4. The molecule has 2 N–H and O–H groups in total. The van der Waals surface area contributed by atoms with Gasteiger partial charge in [0.05, 0.1) is 6.10 Å². The second-order valence-electron chi connectivity index (χ2n) is 13.0. The lowest BCUT2D eigenvalue weighted by Gasteiger charge is -2.48. The molecule has 4 rings (SSSR count). The number of aliphatic hydroxyl groups is 1. The number of benzene rings is 1. The highest BCUT2D eigenvalue weighted by molar-refractivity contribution is 5.54. The fourth-order valence-electron chi connectivity index (χ4n) is 6.95. The van der Waals surface area contributed by atoms with Gasteiger partial charge in [0.2, 0.25) is 0 Å². The molecule has 4 atom stereocenters. The predicted octanol–water partition coefficient (Wildman–Crippen LogP) is 6.23. The number of phenols is 1. The molecule has 0 amide bonds. The molecule has 1 aromatic rings. The van der Waals surface area contributed by atoms with Gasteiger partial charge in [0.25, 0.3) is 6.47 Å². The molecule has 6 nitrogen and oxygen atoms in total. The summed E-state index contributed by atoms with van der Waals surface area (Å²) in [5.41, 5.74) is 2.65. The Bertz CT molecular complexity index is 1000. The van der Waals surface area contributed by atoms with Gasteiger partial charge in [-0.25, -0.2) is 0 Å². The number of fused-ring (bicyclic) bond motifs is 3. The van der Waals surface area contributed by atoms with Crippen LogP contribution in [-0.4, -0.2) is 59.0 Å². The number of carbonyl (C=O) groups excluding carboxylic acids is 1. The van der Waals surface area contributed by atoms with Gasteiger partial charge in [-0.05, 0) is 81.2 Å². The Morgan fingerprint density at radius 2 is 2.05 bits per heavy atom. The zero-order valence-corrected chi connectivity index (χ0v) is 24.2. The quantitative estimate of drug-likeness (QED) is 0.202. The van der Waals surface area contributed by atoms with Crippen molar-refractivity contribution in [2.75, 3.05) is 19.6 Å². The van der Waals surface area contributed by atoms with E-state index in [9.17, 15) is 15.0 Å². The van der Waals surface area contributed by atoms with E-state index in [1.807, 2.05) is 6.07 Å². The Kier molecular flexibility index (Phi) is 9.14. The van der Waals surface area contributed by atoms with Crippen LogP contribution in [0.3, 0.4) is 0 Å². The summed E-state index contributed by atoms with van der Waals surface area (Å²) in [6.07, 6.45) is 10.9. The van der Waals surface area contributed by atoms with Crippen molar-refractivity contribution >= 4 is 6.47 Å². The van der Waals surface area contributed by atoms with Crippen molar-refractivity contribution in [2.24, 2.45) is 5.92 Å². The van der Waals surface area contributed by atoms with Crippen LogP contribution in [-0.2, 0) is 14.9 Å². The average molecular weight is 528 g/mol. The molecule has 38 heavy (non-hydrogen) atoms. The first-order valence-corrected chi connectivity index (χ1v) is 14.8. The fraction of sp³-hybridized carbons (Fsp3) is 0.719. The molecule has 2 aliphatic heterocycles. The smallest absolute Gasteiger partial charge is 0.293 e. The molecule has 2 heterocycles. The molecule has 6 heteroatoms. The van der Waals surface area contributed by atoms with E-state index < -0.39 is 6.10 Å². The largest absolute Gasteiger partial charge is 0.508 e. The summed E-state index contributed by atoms with van der Waals surface area (Å²) in [6, 6.07) is 4.13. The highest BCUT2D eigenvalue weighted by atomic mass is 16.5. The van der Waals surface area contributed by atoms with E-state index in [4.69, 9.17) is 9.47 Å². The van der Waals surface area contributed by atoms with E-state index in [1.54, 1.807) is 0 Å². The van der Waals surface area contributed by atoms with Crippen LogP contribution in [0.2, 0.25) is 0 Å². The summed E-state index contributed by atoms with van der Waals surface area (Å²) in [5, 5.41) is 22.6. The van der Waals surface area contributed by atoms with Crippen molar-refractivity contribution in [2.45, 2.75) is 122 Å². The van der Waals surface area contributed by atoms with Gasteiger partial charge in [0.15, 0.2) is 0 Å². The lowest BCUT2D eigenvalue weighted by atomic mass is 9.66. The van der Waals surface area contributed by atoms with Gasteiger partial charge in [0, 0.05) is 30.5 Å². The van der Waals surface area contributed by atoms with Crippen molar-refractivity contribution in [3.05, 3.63) is 34.9 Å². The van der Waals surface area contributed by atoms with E-state index in [2.05, 4.69) is 51.7 Å². The number of aliphatic hydroxyl groups excluding tert-OH is 1. The topological polar surface area (TPSA) is 79.2 Å². The highest BCUT2D eigenvalue weighted by Gasteiger charge is 2.47. The SMILES string of the molecule is CCCCCCC(C)(C)c1cc(O)c2c(c1)OC(C)(C)[C@@H]1CC=C(C(O)CN3CCC[C@@H](OC=O)C3)CC21. The third kappa shape index (κ3) is 6.39. The van der Waals surface area contributed by atoms with Crippen molar-refractivity contribution < 1.29 is 24.5 Å². The molecule has 1 aromatic carbocycles. The van der Waals surface area contributed by atoms with E-state index >= 15 is 0 Å². The van der Waals surface area contributed by atoms with Crippen LogP contribution in [0.4, 0.5) is 0 Å². The van der Waals surface area contributed by atoms with Crippen molar-refractivity contribution in [1.29, 1.82) is 0 Å². The van der Waals surface area contributed by atoms with Gasteiger partial charge in [-0.1, -0.05) is 52.5 Å². The first-order valence-electron chi connectivity index (χ1n) is 14.8. The Hall–Kier alpha value is -2.05. The standard InChI is InChI=1S/C32H49NO5/c1-6-7-8-9-14-31(2,3)23-17-27(35)30-25-16-22(12-13-26(25)32(4,5)38-29(30)18-23)28(36)20-33-15-10-11-24(19-33)37-21-34/h12,17-18,21,24-26,28,35-36H,6-11,13-16,19-20H2,1-5H3/t24-,25?,26-,28?/m1/s1. The number of unbranched alkanes of at least 4 members (excludes halogenated alkanes) is 3. The number of β-amino-alcohol motifs (C(OH)–C–C–N with tert-alkyl or cyclic N) is 1. The number of rotatable bonds is 11. The molecule has 0 aromatic heterocycles. The first kappa shape index (κ1) is 28.9. The molecular weight excluding hydrogens is 478 g/mol. The van der Waals surface area contributed by atoms with Crippen molar-refractivity contribution in [3.63, 3.8) is 0 Å². The van der Waals surface area contributed by atoms with Crippen LogP contribution in [0, 0.1) is 5.92 Å². The summed E-state index contributed by atoms with van der Waals surface area (Å²) in [6.45, 7) is 13.7. The lowest BCUT2D eigenvalue weighted by molar-refractivity contribution is -0.136. The van der Waals surface area contributed by atoms with E-state index in [0.29, 0.717) is 31.7 Å². The van der Waals surface area contributed by atoms with Crippen LogP contribution in [0.15, 0.2) is 23.8 Å². The Morgan fingerprint density at radius 3 is 2.79 bits per heavy atom. The number of carbonyl (C=O) groups is 1. The summed E-state index contributed by atoms with van der Waals surface area (Å²) in [4.78, 5) is 13.0. The minimum atomic E-state index is -0.580. The van der Waals surface area contributed by atoms with Crippen LogP contribution in [0.5, 0.6) is 11.5 Å². The molecule has 2 unspecified atom stereocenters. The molecule has 1 saturated heterocycles. The predicted molar refractivity (Wildman–Crippen MR) is 151 cm³/mol. The van der Waals surface area contributed by atoms with Crippen molar-refractivity contribution in [1.82, 2.24) is 4.90 Å². The maximum absolute atomic E-state index is 11.4. The highest BCUT2D eigenvalue weighted by Crippen LogP contribution is 2.55. The number of likely N-dealkylation sites (tertiary alicyclic amines) is 1. The molecule has 0 radical (unpaired) electrons. The average Bonchev–Trinajstić information content (AvgIpc) is 2.86. The Morgan fingerprint density at radius 1 is 1.26 bits per heavy atom. The van der Waals surface area contributed by atoms with Gasteiger partial charge < -0.3 is 19.7 Å². The van der Waals surface area contributed by atoms with Gasteiger partial charge in [-0.2, -0.15) is 0 Å². The molecule has 212 valence electrons. The van der Waals surface area contributed by atoms with Gasteiger partial charge in [-0.3, -0.25) is 9.69 Å². The van der Waals surface area contributed by atoms with E-state index in [1.165, 1.54) is 25.7 Å². The number of phenolic OH excluding ortho intramolecular Hbond substituents is 1. The van der Waals surface area contributed by atoms with Crippen LogP contribution in [0.25, 0.3) is 0 Å². The number of hydrogen-bond acceptors (Lipinski definition) is 6. The summed E-state index contributed by atoms with van der Waals surface area (Å²) < 4.78 is 11.8. The molecule has 3 aliphatic rings. The summed E-state index contributed by atoms with van der Waals surface area (Å²) in [7, 11) is 0. The van der Waals surface area contributed by atoms with Crippen LogP contribution >= 0.6 is 0 Å². The summed E-state index contributed by atoms with van der Waals surface area (Å²) in [5.74, 6) is 1.45. The van der Waals surface area contributed by atoms with Crippen LogP contribution in [0.1, 0.15) is 109 Å². The summed E-state index contributed by atoms with van der Waals surface area (Å²) >= 11 is 0. The Labute approximate surface area is 229 Å². The molecule has 0 saturated carbocycles. The third-order valence-electron chi connectivity index (χ3n) is 9.34. The van der Waals surface area contributed by atoms with Crippen LogP contribution < -0.4 is 4.74 Å². The molecule has 1 aliphatic carbocycles. The number of aromatic hydroxyl groups is 1. The zero-order valence-electron chi connectivity index (χ0n) is 24.2. The fourth-order valence-corrected chi connectivity index (χ4v) is 6.95. The molecule has 0 spiro atoms. The van der Waals surface area contributed by atoms with Crippen molar-refractivity contribution in [3.8, 4) is 11.5 Å². The monoisotopic (exact) mass is 527 g/mol. The first-order chi connectivity index (χ1) is 18.1. The molecule has 0 bridgehead atoms. The van der Waals surface area contributed by atoms with Gasteiger partial charge >= 0.3 is 0 Å². The number of ether oxygens (including phenoxy) is 2. The second kappa shape index (κ2) is 12.0. The normalized spacial score (nSPS) is 25.9. The number of allylic oxidation sites excluding steroid dienone is 1.